The molecule has 14 aromatic rings. The lowest BCUT2D eigenvalue weighted by Gasteiger charge is -2.23. The number of amides is 8. The van der Waals surface area contributed by atoms with E-state index in [-0.39, 0.29) is 104 Å². The summed E-state index contributed by atoms with van der Waals surface area (Å²) in [5, 5.41) is 21.6. The highest BCUT2D eigenvalue weighted by molar-refractivity contribution is 9.10. The van der Waals surface area contributed by atoms with Gasteiger partial charge in [-0.25, -0.2) is 83.4 Å². The molecule has 147 heavy (non-hydrogen) atoms. The van der Waals surface area contributed by atoms with Gasteiger partial charge in [0.1, 0.15) is 94.4 Å². The first kappa shape index (κ1) is 110. The Kier molecular flexibility index (Phi) is 41.1. The van der Waals surface area contributed by atoms with Crippen LogP contribution in [0.15, 0.2) is 241 Å². The summed E-state index contributed by atoms with van der Waals surface area (Å²) in [6, 6.07) is 47.9. The van der Waals surface area contributed by atoms with Gasteiger partial charge in [-0.1, -0.05) is 210 Å². The van der Waals surface area contributed by atoms with Crippen molar-refractivity contribution < 1.29 is 67.1 Å². The maximum Gasteiger partial charge on any atom is 0.410 e. The van der Waals surface area contributed by atoms with Gasteiger partial charge in [0.15, 0.2) is 37.3 Å². The van der Waals surface area contributed by atoms with Crippen LogP contribution in [0.2, 0.25) is 25.8 Å². The second kappa shape index (κ2) is 55.1. The van der Waals surface area contributed by atoms with Crippen molar-refractivity contribution in [3.63, 3.8) is 0 Å². The molecule has 0 radical (unpaired) electrons. The fraction of sp³-hybridized carbons (Fsp3) is 0.310. The number of carboxylic acids is 1. The number of urea groups is 1. The monoisotopic (exact) mass is 2220 g/mol. The second-order valence-electron chi connectivity index (χ2n) is 33.3. The number of nitriles is 1. The highest BCUT2D eigenvalue weighted by Gasteiger charge is 2.40. The second-order valence-corrected chi connectivity index (χ2v) is 36.6. The van der Waals surface area contributed by atoms with E-state index in [1.165, 1.54) is 40.8 Å². The molecular weight excluding hydrogens is 2130 g/mol. The summed E-state index contributed by atoms with van der Waals surface area (Å²) in [4.78, 5) is 156. The standard InChI is InChI=1S/C18H16BrClN4O2.C18H18BrN5O2.C18H19ClN4O3.C18H17ClN4O2.C13H15NO4.C5H6ClN3.C5H2ClN3.C5H10N2O/c2*19-15-14-16(20)21-8-10-24(14)17(22-15)13-7-4-9-23(13)18(25)26-11-12-5-2-1-3-6-12;19-16-14(20-8-9-21-16)11-22-17(24)15-7-4-10-23(15)18(25)26-12-13-5-2-1-3-6-13;19-16-15-11-21-17(22(15)10-8-20-16)14-7-4-9-23(14)18(24)25-12-13-5-2-1-3-6-13;15-12(16)11-7-4-8-14(11)13(17)18-9-10-5-2-1-3-6-10;2*6-5-4(3-7)8-1-2-9-5;1-6-3-4-7(2)5(6)8/h1-3,5-6,8,10,13H,4,7,9,11H2;1-3,5-6,8,10,13H,4,7,9,11H2,(H2,20,21);1-3,5-6,8-9,15H,4,7,10-12H2,(H,22,24);1-3,5-6,8,10-11,14H,4,7,9,12H2;1-3,5-6,11H,4,7-9H2,(H,15,16);1-2H,3,7H2;1-2H;3-4H2,1-2H3/t2*13-;15-;14-;11-;;;/m00000.../s1. The number of nitrogens with one attached hydrogen (secondary N) is 1. The number of anilines is 1. The van der Waals surface area contributed by atoms with Crippen LogP contribution in [0, 0.1) is 11.3 Å². The van der Waals surface area contributed by atoms with Gasteiger partial charge >= 0.3 is 42.5 Å². The van der Waals surface area contributed by atoms with Crippen molar-refractivity contribution in [1.29, 1.82) is 5.26 Å². The number of benzene rings is 5. The predicted molar refractivity (Wildman–Crippen MR) is 551 cm³/mol. The number of aliphatic carboxylic acids is 1. The summed E-state index contributed by atoms with van der Waals surface area (Å²) >= 11 is 36.1. The number of aromatic nitrogens is 15. The van der Waals surface area contributed by atoms with Crippen LogP contribution in [-0.2, 0) is 79.4 Å². The van der Waals surface area contributed by atoms with Crippen molar-refractivity contribution in [3.8, 4) is 6.07 Å². The Morgan fingerprint density at radius 3 is 1.16 bits per heavy atom. The zero-order valence-electron chi connectivity index (χ0n) is 79.6. The molecule has 6 N–H and O–H groups in total. The number of halogens is 7. The Hall–Kier alpha value is -14.6. The van der Waals surface area contributed by atoms with Crippen molar-refractivity contribution >= 4 is 161 Å². The van der Waals surface area contributed by atoms with Crippen molar-refractivity contribution in [2.75, 3.05) is 65.6 Å². The lowest BCUT2D eigenvalue weighted by atomic mass is 10.2. The van der Waals surface area contributed by atoms with Gasteiger partial charge in [-0.2, -0.15) is 5.26 Å². The predicted octanol–water partition coefficient (Wildman–Crippen LogP) is 18.0. The number of carbonyl (C=O) groups excluding carboxylic acids is 7. The lowest BCUT2D eigenvalue weighted by Crippen LogP contribution is -2.46. The van der Waals surface area contributed by atoms with E-state index in [2.05, 4.69) is 97.0 Å². The van der Waals surface area contributed by atoms with E-state index in [1.54, 1.807) is 67.7 Å². The number of hydrogen-bond acceptors (Lipinski definition) is 28. The quantitative estimate of drug-likeness (QED) is 0.0580. The minimum atomic E-state index is -0.968. The maximum absolute atomic E-state index is 12.6. The molecule has 5 atom stereocenters. The molecule has 5 aromatic carbocycles. The first-order chi connectivity index (χ1) is 71.3. The average Bonchev–Trinajstić information content (AvgIpc) is 1.60. The van der Waals surface area contributed by atoms with Crippen molar-refractivity contribution in [2.24, 2.45) is 5.73 Å². The average molecular weight is 2230 g/mol. The largest absolute Gasteiger partial charge is 0.480 e. The first-order valence-corrected chi connectivity index (χ1v) is 50.0. The number of likely N-dealkylation sites (N-methyl/N-ethyl adjacent to an activating group) is 2. The number of carbonyl (C=O) groups is 8. The number of hydrogen-bond donors (Lipinski definition) is 4. The van der Waals surface area contributed by atoms with Crippen LogP contribution < -0.4 is 16.8 Å². The van der Waals surface area contributed by atoms with E-state index >= 15 is 0 Å². The molecule has 766 valence electrons. The van der Waals surface area contributed by atoms with E-state index in [1.807, 2.05) is 191 Å². The molecule has 0 aliphatic carbocycles. The Balaban J connectivity index is 0.000000145. The van der Waals surface area contributed by atoms with Crippen LogP contribution >= 0.6 is 89.9 Å². The van der Waals surface area contributed by atoms with Crippen LogP contribution in [-0.4, -0.2) is 233 Å². The van der Waals surface area contributed by atoms with Crippen LogP contribution in [0.3, 0.4) is 0 Å². The third-order valence-electron chi connectivity index (χ3n) is 23.7. The summed E-state index contributed by atoms with van der Waals surface area (Å²) < 4.78 is 33.9. The Bertz CT molecular complexity index is 6650. The van der Waals surface area contributed by atoms with Gasteiger partial charge in [0.05, 0.1) is 42.3 Å². The SMILES string of the molecule is CN1CCN(C)C1=O.N#Cc1nccnc1Cl.NCc1nccnc1Cl.Nc1nccn2c([C@@H]3CCCN3C(=O)OCc3ccccc3)nc(Br)c12.O=C(NCc1nccnc1Cl)[C@@H]1CCCN1C(=O)OCc1ccccc1.O=C(O)[C@@H]1CCCN1C(=O)OCc1ccccc1.O=C(OCc1ccccc1)N1CCC[C@H]1c1nc(Br)c2c(Cl)nccn12.O=C(OCc1ccccc1)N1CCC[C@H]1c1ncc2c(Cl)nccn12. The van der Waals surface area contributed by atoms with Gasteiger partial charge in [-0.3, -0.25) is 52.5 Å². The number of likely N-dealkylation sites (tertiary alicyclic amines) is 5. The van der Waals surface area contributed by atoms with Gasteiger partial charge < -0.3 is 55.4 Å². The van der Waals surface area contributed by atoms with E-state index in [0.29, 0.717) is 111 Å². The minimum absolute atomic E-state index is 0.121. The molecule has 15 heterocycles. The number of carboxylic acid groups (broad SMARTS) is 1. The smallest absolute Gasteiger partial charge is 0.410 e. The number of fused-ring (bicyclic) bond motifs is 3. The number of nitrogens with two attached hydrogens (primary N) is 2. The summed E-state index contributed by atoms with van der Waals surface area (Å²) in [6.07, 6.45) is 26.7. The van der Waals surface area contributed by atoms with E-state index in [9.17, 15) is 38.4 Å². The number of rotatable bonds is 18. The fourth-order valence-electron chi connectivity index (χ4n) is 16.4. The lowest BCUT2D eigenvalue weighted by molar-refractivity contribution is -0.141. The highest BCUT2D eigenvalue weighted by Crippen LogP contribution is 2.39. The number of imidazole rings is 3. The van der Waals surface area contributed by atoms with Gasteiger partial charge in [0.25, 0.3) is 0 Å². The zero-order valence-corrected chi connectivity index (χ0v) is 86.6. The third-order valence-corrected chi connectivity index (χ3v) is 26.3. The molecule has 0 bridgehead atoms. The van der Waals surface area contributed by atoms with Crippen molar-refractivity contribution in [3.05, 3.63) is 330 Å². The van der Waals surface area contributed by atoms with Gasteiger partial charge in [-0.05, 0) is 124 Å². The van der Waals surface area contributed by atoms with Crippen molar-refractivity contribution in [1.82, 2.24) is 113 Å². The number of nitrogen functional groups attached to an aromatic ring is 1. The molecule has 9 aromatic heterocycles. The third kappa shape index (κ3) is 30.1. The van der Waals surface area contributed by atoms with Gasteiger partial charge in [0.2, 0.25) is 5.91 Å². The molecule has 40 nitrogen and oxygen atoms in total. The van der Waals surface area contributed by atoms with Crippen LogP contribution in [0.4, 0.5) is 34.6 Å². The van der Waals surface area contributed by atoms with Crippen LogP contribution in [0.1, 0.15) is 145 Å². The summed E-state index contributed by atoms with van der Waals surface area (Å²) in [7, 11) is 3.62. The fourth-order valence-corrected chi connectivity index (χ4v) is 18.5. The normalized spacial score (nSPS) is 16.3. The highest BCUT2D eigenvalue weighted by atomic mass is 79.9. The van der Waals surface area contributed by atoms with Gasteiger partial charge in [-0.15, -0.1) is 0 Å². The summed E-state index contributed by atoms with van der Waals surface area (Å²) in [5.41, 5.74) is 19.4. The molecule has 6 aliphatic rings. The Morgan fingerprint density at radius 1 is 0.415 bits per heavy atom. The van der Waals surface area contributed by atoms with Crippen molar-refractivity contribution in [2.45, 2.75) is 141 Å². The topological polar surface area (TPSA) is 481 Å². The molecule has 0 unspecified atom stereocenters. The van der Waals surface area contributed by atoms with E-state index in [4.69, 9.17) is 104 Å². The molecule has 47 heteroatoms. The van der Waals surface area contributed by atoms with Crippen LogP contribution in [0.25, 0.3) is 16.6 Å². The first-order valence-electron chi connectivity index (χ1n) is 46.5. The molecule has 6 fully saturated rings. The molecule has 20 rings (SSSR count). The molecule has 0 saturated carbocycles. The maximum atomic E-state index is 12.6. The molecule has 6 saturated heterocycles. The minimum Gasteiger partial charge on any atom is -0.480 e. The van der Waals surface area contributed by atoms with Gasteiger partial charge in [0, 0.05) is 141 Å². The molecular formula is C100H103Br2Cl5N26O14. The number of ether oxygens (including phenoxy) is 5. The summed E-state index contributed by atoms with van der Waals surface area (Å²) in [5.74, 6) is 1.48. The Morgan fingerprint density at radius 2 is 0.762 bits per heavy atom. The summed E-state index contributed by atoms with van der Waals surface area (Å²) in [6.45, 7) is 6.26. The molecule has 6 aliphatic heterocycles. The molecule has 8 amide bonds. The van der Waals surface area contributed by atoms with E-state index < -0.39 is 30.2 Å². The van der Waals surface area contributed by atoms with Crippen LogP contribution in [0.5, 0.6) is 0 Å². The zero-order chi connectivity index (χ0) is 104. The Labute approximate surface area is 886 Å². The molecule has 0 spiro atoms. The number of nitrogens with zero attached hydrogens (tertiary/aromatic N) is 23. The van der Waals surface area contributed by atoms with E-state index in [0.717, 1.165) is 109 Å².